The molecule has 7 nitrogen and oxygen atoms in total. The molecule has 1 saturated carbocycles. The van der Waals surface area contributed by atoms with Crippen LogP contribution in [0.2, 0.25) is 0 Å². The van der Waals surface area contributed by atoms with Crippen molar-refractivity contribution in [3.63, 3.8) is 0 Å². The first-order valence-corrected chi connectivity index (χ1v) is 11.9. The molecule has 0 aromatic heterocycles. The Morgan fingerprint density at radius 2 is 1.65 bits per heavy atom. The van der Waals surface area contributed by atoms with Crippen molar-refractivity contribution in [2.75, 3.05) is 19.7 Å². The van der Waals surface area contributed by atoms with E-state index >= 15 is 0 Å². The number of carbonyl (C=O) groups excluding carboxylic acids is 2. The van der Waals surface area contributed by atoms with Crippen LogP contribution in [-0.4, -0.2) is 53.7 Å². The third-order valence-corrected chi connectivity index (χ3v) is 7.70. The predicted octanol–water partition coefficient (Wildman–Crippen LogP) is 3.87. The Kier molecular flexibility index (Phi) is 5.58. The highest BCUT2D eigenvalue weighted by Gasteiger charge is 2.59. The molecule has 2 atom stereocenters. The van der Waals surface area contributed by atoms with E-state index < -0.39 is 24.0 Å². The van der Waals surface area contributed by atoms with Crippen molar-refractivity contribution < 1.29 is 24.2 Å². The van der Waals surface area contributed by atoms with E-state index in [0.717, 1.165) is 35.1 Å². The van der Waals surface area contributed by atoms with E-state index in [4.69, 9.17) is 4.74 Å². The zero-order chi connectivity index (χ0) is 24.0. The monoisotopic (exact) mass is 462 g/mol. The van der Waals surface area contributed by atoms with Crippen LogP contribution in [0.25, 0.3) is 11.1 Å². The van der Waals surface area contributed by atoms with Gasteiger partial charge in [0.2, 0.25) is 5.91 Å². The molecule has 1 spiro atoms. The summed E-state index contributed by atoms with van der Waals surface area (Å²) in [6, 6.07) is 15.5. The SMILES string of the molecule is CC(C)[C@H](NC(=O)OCC1c2ccccc2-c2ccccc21)C(=O)N1CC(C(=O)O)C2(CC2)C1. The zero-order valence-corrected chi connectivity index (χ0v) is 19.5. The van der Waals surface area contributed by atoms with Crippen LogP contribution in [0.4, 0.5) is 4.79 Å². The summed E-state index contributed by atoms with van der Waals surface area (Å²) in [5.74, 6) is -1.83. The topological polar surface area (TPSA) is 95.9 Å². The summed E-state index contributed by atoms with van der Waals surface area (Å²) in [7, 11) is 0. The van der Waals surface area contributed by atoms with E-state index in [2.05, 4.69) is 29.6 Å². The van der Waals surface area contributed by atoms with Crippen molar-refractivity contribution in [2.24, 2.45) is 17.3 Å². The molecule has 1 saturated heterocycles. The minimum absolute atomic E-state index is 0.0593. The molecular formula is C27H30N2O5. The number of hydrogen-bond acceptors (Lipinski definition) is 4. The number of carboxylic acids is 1. The molecule has 2 aromatic rings. The first kappa shape index (κ1) is 22.4. The number of carboxylic acid groups (broad SMARTS) is 1. The number of hydrogen-bond donors (Lipinski definition) is 2. The molecule has 178 valence electrons. The number of benzene rings is 2. The van der Waals surface area contributed by atoms with Crippen molar-refractivity contribution in [1.29, 1.82) is 0 Å². The maximum absolute atomic E-state index is 13.3. The van der Waals surface area contributed by atoms with E-state index in [-0.39, 0.29) is 36.3 Å². The number of nitrogens with one attached hydrogen (secondary N) is 1. The molecule has 7 heteroatoms. The second kappa shape index (κ2) is 8.46. The van der Waals surface area contributed by atoms with Crippen LogP contribution in [0.3, 0.4) is 0 Å². The van der Waals surface area contributed by atoms with E-state index in [9.17, 15) is 19.5 Å². The summed E-state index contributed by atoms with van der Waals surface area (Å²) in [6.45, 7) is 4.54. The van der Waals surface area contributed by atoms with Gasteiger partial charge in [0.15, 0.2) is 0 Å². The summed E-state index contributed by atoms with van der Waals surface area (Å²) in [4.78, 5) is 39.3. The minimum Gasteiger partial charge on any atom is -0.481 e. The highest BCUT2D eigenvalue weighted by atomic mass is 16.5. The number of fused-ring (bicyclic) bond motifs is 3. The number of alkyl carbamates (subject to hydrolysis) is 1. The standard InChI is InChI=1S/C27H30N2O5/c1-16(2)23(24(30)29-13-22(25(31)32)27(15-29)11-12-27)28-26(33)34-14-21-19-9-5-3-7-17(19)18-8-4-6-10-20(18)21/h3-10,16,21-23H,11-15H2,1-2H3,(H,28,33)(H,31,32)/t22?,23-/m0/s1. The van der Waals surface area contributed by atoms with Crippen molar-refractivity contribution in [1.82, 2.24) is 10.2 Å². The third-order valence-electron chi connectivity index (χ3n) is 7.70. The Balaban J connectivity index is 1.25. The summed E-state index contributed by atoms with van der Waals surface area (Å²) < 4.78 is 5.63. The maximum Gasteiger partial charge on any atom is 0.407 e. The van der Waals surface area contributed by atoms with Crippen LogP contribution in [0.15, 0.2) is 48.5 Å². The molecule has 0 bridgehead atoms. The van der Waals surface area contributed by atoms with Crippen molar-refractivity contribution >= 4 is 18.0 Å². The average molecular weight is 463 g/mol. The van der Waals surface area contributed by atoms with Gasteiger partial charge in [0.1, 0.15) is 12.6 Å². The van der Waals surface area contributed by atoms with Gasteiger partial charge in [-0.2, -0.15) is 0 Å². The fourth-order valence-electron chi connectivity index (χ4n) is 5.62. The van der Waals surface area contributed by atoms with Crippen LogP contribution in [0, 0.1) is 17.3 Å². The van der Waals surface area contributed by atoms with Gasteiger partial charge in [-0.15, -0.1) is 0 Å². The maximum atomic E-state index is 13.3. The number of carbonyl (C=O) groups is 3. The second-order valence-corrected chi connectivity index (χ2v) is 10.2. The van der Waals surface area contributed by atoms with Gasteiger partial charge in [-0.25, -0.2) is 4.79 Å². The lowest BCUT2D eigenvalue weighted by molar-refractivity contribution is -0.143. The van der Waals surface area contributed by atoms with Crippen LogP contribution in [-0.2, 0) is 14.3 Å². The third kappa shape index (κ3) is 3.83. The molecule has 34 heavy (non-hydrogen) atoms. The molecule has 1 unspecified atom stereocenters. The molecule has 2 amide bonds. The second-order valence-electron chi connectivity index (χ2n) is 10.2. The van der Waals surface area contributed by atoms with Gasteiger partial charge in [-0.05, 0) is 41.0 Å². The summed E-state index contributed by atoms with van der Waals surface area (Å²) in [5.41, 5.74) is 4.27. The van der Waals surface area contributed by atoms with Crippen molar-refractivity contribution in [3.8, 4) is 11.1 Å². The van der Waals surface area contributed by atoms with Gasteiger partial charge in [0, 0.05) is 24.4 Å². The van der Waals surface area contributed by atoms with Crippen molar-refractivity contribution in [3.05, 3.63) is 59.7 Å². The highest BCUT2D eigenvalue weighted by Crippen LogP contribution is 2.56. The van der Waals surface area contributed by atoms with Crippen LogP contribution in [0.5, 0.6) is 0 Å². The number of rotatable bonds is 6. The molecule has 2 aromatic carbocycles. The fourth-order valence-corrected chi connectivity index (χ4v) is 5.62. The van der Waals surface area contributed by atoms with Crippen LogP contribution in [0.1, 0.15) is 43.7 Å². The summed E-state index contributed by atoms with van der Waals surface area (Å²) in [5, 5.41) is 12.3. The van der Waals surface area contributed by atoms with Gasteiger partial charge >= 0.3 is 12.1 Å². The number of amides is 2. The lowest BCUT2D eigenvalue weighted by atomic mass is 9.93. The van der Waals surface area contributed by atoms with Crippen LogP contribution < -0.4 is 5.32 Å². The average Bonchev–Trinajstić information content (AvgIpc) is 3.37. The normalized spacial score (nSPS) is 20.7. The number of aliphatic carboxylic acids is 1. The smallest absolute Gasteiger partial charge is 0.407 e. The lowest BCUT2D eigenvalue weighted by Crippen LogP contribution is -2.51. The molecule has 2 fully saturated rings. The minimum atomic E-state index is -0.849. The Bertz CT molecular complexity index is 1090. The van der Waals surface area contributed by atoms with E-state index in [1.165, 1.54) is 0 Å². The van der Waals surface area contributed by atoms with Gasteiger partial charge in [-0.1, -0.05) is 62.4 Å². The Morgan fingerprint density at radius 3 is 2.15 bits per heavy atom. The summed E-state index contributed by atoms with van der Waals surface area (Å²) >= 11 is 0. The van der Waals surface area contributed by atoms with Gasteiger partial charge < -0.3 is 20.1 Å². The predicted molar refractivity (Wildman–Crippen MR) is 126 cm³/mol. The first-order chi connectivity index (χ1) is 16.3. The number of likely N-dealkylation sites (tertiary alicyclic amines) is 1. The Hall–Kier alpha value is -3.35. The van der Waals surface area contributed by atoms with E-state index in [1.807, 2.05) is 38.1 Å². The highest BCUT2D eigenvalue weighted by molar-refractivity contribution is 5.87. The van der Waals surface area contributed by atoms with Gasteiger partial charge in [0.25, 0.3) is 0 Å². The zero-order valence-electron chi connectivity index (χ0n) is 19.5. The Labute approximate surface area is 199 Å². The molecule has 2 aliphatic carbocycles. The first-order valence-electron chi connectivity index (χ1n) is 11.9. The fraction of sp³-hybridized carbons (Fsp3) is 0.444. The van der Waals surface area contributed by atoms with E-state index in [1.54, 1.807) is 4.90 Å². The Morgan fingerprint density at radius 1 is 1.06 bits per heavy atom. The van der Waals surface area contributed by atoms with Gasteiger partial charge in [0.05, 0.1) is 5.92 Å². The molecule has 1 heterocycles. The van der Waals surface area contributed by atoms with E-state index in [0.29, 0.717) is 6.54 Å². The molecule has 3 aliphatic rings. The lowest BCUT2D eigenvalue weighted by Gasteiger charge is -2.27. The molecule has 1 aliphatic heterocycles. The number of ether oxygens (including phenoxy) is 1. The van der Waals surface area contributed by atoms with Crippen molar-refractivity contribution in [2.45, 2.75) is 38.6 Å². The largest absolute Gasteiger partial charge is 0.481 e. The van der Waals surface area contributed by atoms with Gasteiger partial charge in [-0.3, -0.25) is 9.59 Å². The molecule has 0 radical (unpaired) electrons. The number of nitrogens with zero attached hydrogens (tertiary/aromatic N) is 1. The summed E-state index contributed by atoms with van der Waals surface area (Å²) in [6.07, 6.45) is 1.03. The molecule has 5 rings (SSSR count). The molecular weight excluding hydrogens is 432 g/mol. The van der Waals surface area contributed by atoms with Crippen LogP contribution >= 0.6 is 0 Å². The molecule has 2 N–H and O–H groups in total. The quantitative estimate of drug-likeness (QED) is 0.679.